The number of nitrogens with zero attached hydrogens (tertiary/aromatic N) is 3. The molecule has 0 aliphatic carbocycles. The van der Waals surface area contributed by atoms with E-state index in [1.54, 1.807) is 16.7 Å². The SMILES string of the molecule is O=c1oc2ncccc2c2c3cc(C(F)(F)F)ccc3n(Cc3cc4ccccc4nc3Cl)c12. The van der Waals surface area contributed by atoms with Gasteiger partial charge in [0.1, 0.15) is 10.7 Å². The van der Waals surface area contributed by atoms with Gasteiger partial charge in [-0.2, -0.15) is 13.2 Å². The highest BCUT2D eigenvalue weighted by Crippen LogP contribution is 2.38. The van der Waals surface area contributed by atoms with Crippen LogP contribution in [0, 0.1) is 0 Å². The summed E-state index contributed by atoms with van der Waals surface area (Å²) in [4.78, 5) is 21.6. The molecule has 0 saturated carbocycles. The van der Waals surface area contributed by atoms with Gasteiger partial charge in [-0.05, 0) is 42.5 Å². The van der Waals surface area contributed by atoms with Crippen LogP contribution in [0.1, 0.15) is 11.1 Å². The van der Waals surface area contributed by atoms with E-state index >= 15 is 0 Å². The number of alkyl halides is 3. The van der Waals surface area contributed by atoms with Crippen molar-refractivity contribution in [1.82, 2.24) is 14.5 Å². The van der Waals surface area contributed by atoms with Crippen LogP contribution in [0.25, 0.3) is 43.8 Å². The second kappa shape index (κ2) is 7.30. The molecule has 0 amide bonds. The van der Waals surface area contributed by atoms with Gasteiger partial charge >= 0.3 is 11.8 Å². The quantitative estimate of drug-likeness (QED) is 0.264. The van der Waals surface area contributed by atoms with Gasteiger partial charge in [-0.25, -0.2) is 14.8 Å². The Hall–Kier alpha value is -3.91. The van der Waals surface area contributed by atoms with E-state index in [1.807, 2.05) is 30.3 Å². The summed E-state index contributed by atoms with van der Waals surface area (Å²) >= 11 is 6.46. The van der Waals surface area contributed by atoms with Crippen molar-refractivity contribution < 1.29 is 17.6 Å². The molecule has 0 aliphatic heterocycles. The van der Waals surface area contributed by atoms with Gasteiger partial charge in [-0.3, -0.25) is 0 Å². The van der Waals surface area contributed by atoms with Gasteiger partial charge in [-0.1, -0.05) is 29.8 Å². The molecule has 0 spiro atoms. The highest BCUT2D eigenvalue weighted by atomic mass is 35.5. The second-order valence-corrected chi connectivity index (χ2v) is 8.27. The number of benzene rings is 2. The van der Waals surface area contributed by atoms with E-state index in [1.165, 1.54) is 12.3 Å². The number of rotatable bonds is 2. The van der Waals surface area contributed by atoms with Gasteiger partial charge in [0.15, 0.2) is 0 Å². The minimum absolute atomic E-state index is 0.0573. The van der Waals surface area contributed by atoms with Gasteiger partial charge in [0.05, 0.1) is 17.6 Å². The number of aromatic nitrogens is 3. The molecule has 2 aromatic carbocycles. The lowest BCUT2D eigenvalue weighted by atomic mass is 10.1. The Morgan fingerprint density at radius 1 is 1.00 bits per heavy atom. The van der Waals surface area contributed by atoms with Crippen molar-refractivity contribution in [2.24, 2.45) is 0 Å². The minimum Gasteiger partial charge on any atom is -0.402 e. The Morgan fingerprint density at radius 2 is 1.82 bits per heavy atom. The van der Waals surface area contributed by atoms with Crippen LogP contribution in [0.4, 0.5) is 13.2 Å². The molecule has 0 fully saturated rings. The number of fused-ring (bicyclic) bond motifs is 6. The first kappa shape index (κ1) is 20.7. The normalized spacial score (nSPS) is 12.4. The zero-order chi connectivity index (χ0) is 23.6. The number of pyridine rings is 2. The number of halogens is 4. The third-order valence-electron chi connectivity index (χ3n) is 5.89. The first-order valence-corrected chi connectivity index (χ1v) is 10.6. The fraction of sp³-hybridized carbons (Fsp3) is 0.0800. The Balaban J connectivity index is 1.71. The molecular weight excluding hydrogens is 467 g/mol. The molecule has 0 aliphatic rings. The lowest BCUT2D eigenvalue weighted by Gasteiger charge is -2.11. The number of hydrogen-bond donors (Lipinski definition) is 0. The summed E-state index contributed by atoms with van der Waals surface area (Å²) in [6.07, 6.45) is -3.08. The molecule has 6 rings (SSSR count). The molecule has 0 bridgehead atoms. The molecule has 0 unspecified atom stereocenters. The van der Waals surface area contributed by atoms with Gasteiger partial charge in [0.25, 0.3) is 0 Å². The lowest BCUT2D eigenvalue weighted by Crippen LogP contribution is -2.09. The standard InChI is InChI=1S/C25H13ClF3N3O2/c26-22-14(10-13-4-1-2-6-18(13)31-22)12-32-19-8-7-15(25(27,28)29)11-17(19)20-16-5-3-9-30-23(16)34-24(33)21(20)32/h1-11H,12H2. The maximum absolute atomic E-state index is 13.5. The van der Waals surface area contributed by atoms with Crippen LogP contribution in [0.3, 0.4) is 0 Å². The molecule has 0 radical (unpaired) electrons. The molecule has 0 atom stereocenters. The summed E-state index contributed by atoms with van der Waals surface area (Å²) < 4.78 is 47.7. The molecule has 5 nitrogen and oxygen atoms in total. The van der Waals surface area contributed by atoms with Crippen molar-refractivity contribution in [1.29, 1.82) is 0 Å². The first-order valence-electron chi connectivity index (χ1n) is 10.3. The second-order valence-electron chi connectivity index (χ2n) is 7.92. The zero-order valence-corrected chi connectivity index (χ0v) is 18.0. The summed E-state index contributed by atoms with van der Waals surface area (Å²) in [5, 5.41) is 2.17. The highest BCUT2D eigenvalue weighted by Gasteiger charge is 2.31. The maximum atomic E-state index is 13.5. The molecule has 4 heterocycles. The monoisotopic (exact) mass is 479 g/mol. The molecule has 0 saturated heterocycles. The van der Waals surface area contributed by atoms with E-state index < -0.39 is 17.4 Å². The highest BCUT2D eigenvalue weighted by molar-refractivity contribution is 6.30. The van der Waals surface area contributed by atoms with Crippen LogP contribution in [-0.4, -0.2) is 14.5 Å². The molecule has 9 heteroatoms. The summed E-state index contributed by atoms with van der Waals surface area (Å²) in [5.41, 5.74) is 0.456. The summed E-state index contributed by atoms with van der Waals surface area (Å²) in [6, 6.07) is 16.0. The van der Waals surface area contributed by atoms with Crippen molar-refractivity contribution in [3.05, 3.63) is 93.6 Å². The van der Waals surface area contributed by atoms with E-state index in [-0.39, 0.29) is 28.3 Å². The summed E-state index contributed by atoms with van der Waals surface area (Å²) in [5.74, 6) is 0. The van der Waals surface area contributed by atoms with E-state index in [0.29, 0.717) is 27.4 Å². The Bertz CT molecular complexity index is 1820. The summed E-state index contributed by atoms with van der Waals surface area (Å²) in [7, 11) is 0. The fourth-order valence-corrected chi connectivity index (χ4v) is 4.60. The van der Waals surface area contributed by atoms with Gasteiger partial charge in [0.2, 0.25) is 5.71 Å². The predicted octanol–water partition coefficient (Wildman–Crippen LogP) is 6.56. The van der Waals surface area contributed by atoms with E-state index in [2.05, 4.69) is 9.97 Å². The van der Waals surface area contributed by atoms with Crippen LogP contribution in [0.5, 0.6) is 0 Å². The Kier molecular flexibility index (Phi) is 4.44. The average Bonchev–Trinajstić information content (AvgIpc) is 3.13. The van der Waals surface area contributed by atoms with Crippen LogP contribution in [-0.2, 0) is 12.7 Å². The third kappa shape index (κ3) is 3.13. The van der Waals surface area contributed by atoms with Gasteiger partial charge in [0, 0.05) is 38.8 Å². The van der Waals surface area contributed by atoms with E-state index in [9.17, 15) is 18.0 Å². The predicted molar refractivity (Wildman–Crippen MR) is 124 cm³/mol. The molecule has 6 aromatic rings. The van der Waals surface area contributed by atoms with Crippen molar-refractivity contribution in [2.75, 3.05) is 0 Å². The van der Waals surface area contributed by atoms with Crippen LogP contribution < -0.4 is 5.63 Å². The van der Waals surface area contributed by atoms with Crippen molar-refractivity contribution in [3.63, 3.8) is 0 Å². The number of hydrogen-bond acceptors (Lipinski definition) is 4. The number of para-hydroxylation sites is 1. The minimum atomic E-state index is -4.54. The van der Waals surface area contributed by atoms with E-state index in [0.717, 1.165) is 17.5 Å². The Morgan fingerprint density at radius 3 is 2.65 bits per heavy atom. The zero-order valence-electron chi connectivity index (χ0n) is 17.2. The summed E-state index contributed by atoms with van der Waals surface area (Å²) in [6.45, 7) is 0.110. The molecular formula is C25H13ClF3N3O2. The smallest absolute Gasteiger partial charge is 0.402 e. The van der Waals surface area contributed by atoms with Gasteiger partial charge in [-0.15, -0.1) is 0 Å². The lowest BCUT2D eigenvalue weighted by molar-refractivity contribution is -0.137. The van der Waals surface area contributed by atoms with E-state index in [4.69, 9.17) is 16.0 Å². The van der Waals surface area contributed by atoms with Crippen LogP contribution >= 0.6 is 11.6 Å². The van der Waals surface area contributed by atoms with Crippen molar-refractivity contribution >= 4 is 55.4 Å². The largest absolute Gasteiger partial charge is 0.416 e. The molecule has 34 heavy (non-hydrogen) atoms. The first-order chi connectivity index (χ1) is 16.3. The van der Waals surface area contributed by atoms with Gasteiger partial charge < -0.3 is 8.98 Å². The molecule has 0 N–H and O–H groups in total. The Labute approximate surface area is 194 Å². The van der Waals surface area contributed by atoms with Crippen LogP contribution in [0.2, 0.25) is 5.15 Å². The maximum Gasteiger partial charge on any atom is 0.416 e. The average molecular weight is 480 g/mol. The topological polar surface area (TPSA) is 60.9 Å². The van der Waals surface area contributed by atoms with Crippen molar-refractivity contribution in [2.45, 2.75) is 12.7 Å². The van der Waals surface area contributed by atoms with Crippen molar-refractivity contribution in [3.8, 4) is 0 Å². The molecule has 168 valence electrons. The fourth-order valence-electron chi connectivity index (χ4n) is 4.40. The van der Waals surface area contributed by atoms with Crippen LogP contribution in [0.15, 0.2) is 76.1 Å². The third-order valence-corrected chi connectivity index (χ3v) is 6.22. The molecule has 4 aromatic heterocycles.